The average Bonchev–Trinajstić information content (AvgIpc) is 2.39. The zero-order chi connectivity index (χ0) is 14.7. The molecule has 1 aromatic rings. The number of hydrogen-bond acceptors (Lipinski definition) is 5. The highest BCUT2D eigenvalue weighted by molar-refractivity contribution is 6.33. The van der Waals surface area contributed by atoms with Crippen LogP contribution in [-0.2, 0) is 4.79 Å². The van der Waals surface area contributed by atoms with Gasteiger partial charge in [-0.2, -0.15) is 0 Å². The van der Waals surface area contributed by atoms with Gasteiger partial charge in [0, 0.05) is 38.3 Å². The van der Waals surface area contributed by atoms with Gasteiger partial charge in [-0.05, 0) is 6.07 Å². The summed E-state index contributed by atoms with van der Waals surface area (Å²) in [4.78, 5) is 24.7. The predicted molar refractivity (Wildman–Crippen MR) is 74.4 cm³/mol. The lowest BCUT2D eigenvalue weighted by Gasteiger charge is -2.35. The molecule has 1 aliphatic rings. The number of carboxylic acid groups (broad SMARTS) is 1. The van der Waals surface area contributed by atoms with Crippen molar-refractivity contribution in [3.63, 3.8) is 0 Å². The molecule has 1 heterocycles. The zero-order valence-corrected chi connectivity index (χ0v) is 11.4. The number of nitro benzene ring substituents is 1. The van der Waals surface area contributed by atoms with Gasteiger partial charge < -0.3 is 10.0 Å². The Hall–Kier alpha value is -1.86. The maximum atomic E-state index is 10.7. The number of carboxylic acids is 1. The summed E-state index contributed by atoms with van der Waals surface area (Å²) in [6, 6.07) is 4.39. The lowest BCUT2D eigenvalue weighted by atomic mass is 10.2. The van der Waals surface area contributed by atoms with Gasteiger partial charge in [0.25, 0.3) is 5.69 Å². The number of halogens is 1. The first-order valence-corrected chi connectivity index (χ1v) is 6.48. The lowest BCUT2D eigenvalue weighted by molar-refractivity contribution is -0.384. The number of benzene rings is 1. The molecule has 1 saturated heterocycles. The van der Waals surface area contributed by atoms with Crippen LogP contribution in [-0.4, -0.2) is 53.6 Å². The van der Waals surface area contributed by atoms with E-state index in [0.29, 0.717) is 31.2 Å². The molecule has 0 amide bonds. The number of aliphatic carboxylic acids is 1. The SMILES string of the molecule is O=C(O)CN1CCN(c2ccc([N+](=O)[O-])cc2Cl)CC1. The van der Waals surface area contributed by atoms with E-state index in [0.717, 1.165) is 5.69 Å². The van der Waals surface area contributed by atoms with Crippen molar-refractivity contribution in [2.75, 3.05) is 37.6 Å². The van der Waals surface area contributed by atoms with Crippen molar-refractivity contribution >= 4 is 28.9 Å². The summed E-state index contributed by atoms with van der Waals surface area (Å²) in [5, 5.41) is 19.7. The molecule has 7 nitrogen and oxygen atoms in total. The van der Waals surface area contributed by atoms with E-state index in [1.54, 1.807) is 6.07 Å². The highest BCUT2D eigenvalue weighted by Gasteiger charge is 2.21. The van der Waals surface area contributed by atoms with Crippen molar-refractivity contribution in [1.29, 1.82) is 0 Å². The van der Waals surface area contributed by atoms with Crippen molar-refractivity contribution in [3.05, 3.63) is 33.3 Å². The Balaban J connectivity index is 2.03. The average molecular weight is 300 g/mol. The molecular weight excluding hydrogens is 286 g/mol. The van der Waals surface area contributed by atoms with Crippen LogP contribution in [0.15, 0.2) is 18.2 Å². The minimum atomic E-state index is -0.841. The molecule has 0 saturated carbocycles. The summed E-state index contributed by atoms with van der Waals surface area (Å²) in [7, 11) is 0. The number of hydrogen-bond donors (Lipinski definition) is 1. The number of nitro groups is 1. The van der Waals surface area contributed by atoms with Gasteiger partial charge in [0.15, 0.2) is 0 Å². The van der Waals surface area contributed by atoms with Crippen LogP contribution in [0.1, 0.15) is 0 Å². The van der Waals surface area contributed by atoms with Gasteiger partial charge in [-0.15, -0.1) is 0 Å². The van der Waals surface area contributed by atoms with Crippen molar-refractivity contribution in [1.82, 2.24) is 4.90 Å². The maximum absolute atomic E-state index is 10.7. The molecule has 8 heteroatoms. The largest absolute Gasteiger partial charge is 0.480 e. The first-order chi connectivity index (χ1) is 9.47. The number of carbonyl (C=O) groups is 1. The molecule has 1 fully saturated rings. The number of rotatable bonds is 4. The molecule has 0 radical (unpaired) electrons. The third kappa shape index (κ3) is 3.37. The van der Waals surface area contributed by atoms with Crippen molar-refractivity contribution in [3.8, 4) is 0 Å². The predicted octanol–water partition coefficient (Wildman–Crippen LogP) is 1.45. The molecule has 0 aromatic heterocycles. The summed E-state index contributed by atoms with van der Waals surface area (Å²) in [5.41, 5.74) is 0.704. The van der Waals surface area contributed by atoms with E-state index in [1.165, 1.54) is 12.1 Å². The minimum Gasteiger partial charge on any atom is -0.480 e. The van der Waals surface area contributed by atoms with Crippen LogP contribution in [0.25, 0.3) is 0 Å². The van der Waals surface area contributed by atoms with Crippen LogP contribution in [0.5, 0.6) is 0 Å². The fourth-order valence-corrected chi connectivity index (χ4v) is 2.50. The summed E-state index contributed by atoms with van der Waals surface area (Å²) in [6.45, 7) is 2.57. The summed E-state index contributed by atoms with van der Waals surface area (Å²) in [5.74, 6) is -0.841. The molecule has 1 N–H and O–H groups in total. The van der Waals surface area contributed by atoms with Crippen molar-refractivity contribution in [2.24, 2.45) is 0 Å². The number of nitrogens with zero attached hydrogens (tertiary/aromatic N) is 3. The Morgan fingerprint density at radius 3 is 2.50 bits per heavy atom. The Bertz CT molecular complexity index is 529. The van der Waals surface area contributed by atoms with Crippen LogP contribution < -0.4 is 4.90 Å². The van der Waals surface area contributed by atoms with E-state index < -0.39 is 10.9 Å². The summed E-state index contributed by atoms with van der Waals surface area (Å²) in [6.07, 6.45) is 0. The third-order valence-electron chi connectivity index (χ3n) is 3.21. The fraction of sp³-hybridized carbons (Fsp3) is 0.417. The van der Waals surface area contributed by atoms with Gasteiger partial charge in [0.1, 0.15) is 0 Å². The monoisotopic (exact) mass is 299 g/mol. The number of piperazine rings is 1. The third-order valence-corrected chi connectivity index (χ3v) is 3.52. The normalized spacial score (nSPS) is 16.1. The van der Waals surface area contributed by atoms with Gasteiger partial charge >= 0.3 is 5.97 Å². The van der Waals surface area contributed by atoms with Crippen molar-refractivity contribution < 1.29 is 14.8 Å². The Morgan fingerprint density at radius 1 is 1.35 bits per heavy atom. The Morgan fingerprint density at radius 2 is 2.00 bits per heavy atom. The molecule has 0 unspecified atom stereocenters. The van der Waals surface area contributed by atoms with E-state index in [1.807, 2.05) is 9.80 Å². The maximum Gasteiger partial charge on any atom is 0.317 e. The second kappa shape index (κ2) is 6.06. The fourth-order valence-electron chi connectivity index (χ4n) is 2.20. The van der Waals surface area contributed by atoms with Crippen LogP contribution in [0.4, 0.5) is 11.4 Å². The lowest BCUT2D eigenvalue weighted by Crippen LogP contribution is -2.48. The summed E-state index contributed by atoms with van der Waals surface area (Å²) < 4.78 is 0. The molecule has 0 atom stereocenters. The van der Waals surface area contributed by atoms with Crippen LogP contribution in [0.2, 0.25) is 5.02 Å². The van der Waals surface area contributed by atoms with Gasteiger partial charge in [-0.1, -0.05) is 11.6 Å². The Labute approximate surface area is 120 Å². The first-order valence-electron chi connectivity index (χ1n) is 6.10. The van der Waals surface area contributed by atoms with E-state index >= 15 is 0 Å². The molecule has 0 bridgehead atoms. The number of anilines is 1. The first kappa shape index (κ1) is 14.5. The standard InChI is InChI=1S/C12H14ClN3O4/c13-10-7-9(16(19)20)1-2-11(10)15-5-3-14(4-6-15)8-12(17)18/h1-2,7H,3-6,8H2,(H,17,18). The zero-order valence-electron chi connectivity index (χ0n) is 10.7. The highest BCUT2D eigenvalue weighted by Crippen LogP contribution is 2.30. The molecule has 20 heavy (non-hydrogen) atoms. The quantitative estimate of drug-likeness (QED) is 0.669. The highest BCUT2D eigenvalue weighted by atomic mass is 35.5. The van der Waals surface area contributed by atoms with Crippen LogP contribution >= 0.6 is 11.6 Å². The molecule has 0 aliphatic carbocycles. The van der Waals surface area contributed by atoms with Gasteiger partial charge in [-0.3, -0.25) is 19.8 Å². The van der Waals surface area contributed by atoms with E-state index in [4.69, 9.17) is 16.7 Å². The smallest absolute Gasteiger partial charge is 0.317 e. The topological polar surface area (TPSA) is 86.9 Å². The molecule has 2 rings (SSSR count). The van der Waals surface area contributed by atoms with E-state index in [9.17, 15) is 14.9 Å². The van der Waals surface area contributed by atoms with Crippen LogP contribution in [0, 0.1) is 10.1 Å². The summed E-state index contributed by atoms with van der Waals surface area (Å²) >= 11 is 6.07. The Kier molecular flexibility index (Phi) is 4.41. The second-order valence-corrected chi connectivity index (χ2v) is 4.96. The number of non-ortho nitro benzene ring substituents is 1. The molecule has 1 aliphatic heterocycles. The molecule has 1 aromatic carbocycles. The van der Waals surface area contributed by atoms with Crippen molar-refractivity contribution in [2.45, 2.75) is 0 Å². The van der Waals surface area contributed by atoms with Crippen LogP contribution in [0.3, 0.4) is 0 Å². The van der Waals surface area contributed by atoms with Gasteiger partial charge in [-0.25, -0.2) is 0 Å². The second-order valence-electron chi connectivity index (χ2n) is 4.55. The van der Waals surface area contributed by atoms with E-state index in [2.05, 4.69) is 0 Å². The molecule has 108 valence electrons. The van der Waals surface area contributed by atoms with E-state index in [-0.39, 0.29) is 12.2 Å². The minimum absolute atomic E-state index is 0.0296. The molecule has 0 spiro atoms. The molecular formula is C12H14ClN3O4. The van der Waals surface area contributed by atoms with Gasteiger partial charge in [0.05, 0.1) is 22.2 Å². The van der Waals surface area contributed by atoms with Gasteiger partial charge in [0.2, 0.25) is 0 Å².